The Morgan fingerprint density at radius 3 is 2.75 bits per heavy atom. The fraction of sp³-hybridized carbons (Fsp3) is 0.769. The highest BCUT2D eigenvalue weighted by molar-refractivity contribution is 5.75. The molecule has 1 saturated heterocycles. The zero-order valence-electron chi connectivity index (χ0n) is 10.0. The Bertz CT molecular complexity index is 275. The maximum absolute atomic E-state index is 11.9. The van der Waals surface area contributed by atoms with Crippen molar-refractivity contribution in [1.82, 2.24) is 5.06 Å². The third-order valence-corrected chi connectivity index (χ3v) is 3.34. The van der Waals surface area contributed by atoms with Gasteiger partial charge in [0.25, 0.3) is 0 Å². The second kappa shape index (κ2) is 5.48. The van der Waals surface area contributed by atoms with Gasteiger partial charge in [0.05, 0.1) is 6.04 Å². The Morgan fingerprint density at radius 2 is 2.19 bits per heavy atom. The van der Waals surface area contributed by atoms with Crippen molar-refractivity contribution in [1.29, 1.82) is 0 Å². The largest absolute Gasteiger partial charge is 0.273 e. The lowest BCUT2D eigenvalue weighted by Gasteiger charge is -2.40. The molecule has 3 rings (SSSR count). The average Bonchev–Trinajstić information content (AvgIpc) is 2.36. The Hall–Kier alpha value is -0.830. The number of carbonyl (C=O) groups excluding carboxylic acids is 1. The minimum Gasteiger partial charge on any atom is -0.273 e. The van der Waals surface area contributed by atoms with E-state index in [9.17, 15) is 4.79 Å². The SMILES string of the molecule is CCCCCCC(=O)N1OC2C=CC1CC2. The smallest absolute Gasteiger partial charge is 0.246 e. The van der Waals surface area contributed by atoms with E-state index in [2.05, 4.69) is 19.1 Å². The van der Waals surface area contributed by atoms with Gasteiger partial charge < -0.3 is 0 Å². The maximum Gasteiger partial charge on any atom is 0.246 e. The van der Waals surface area contributed by atoms with Gasteiger partial charge in [0.2, 0.25) is 5.91 Å². The molecule has 1 amide bonds. The zero-order chi connectivity index (χ0) is 11.4. The van der Waals surface area contributed by atoms with Crippen molar-refractivity contribution in [3.8, 4) is 0 Å². The highest BCUT2D eigenvalue weighted by atomic mass is 16.7. The van der Waals surface area contributed by atoms with E-state index < -0.39 is 0 Å². The molecule has 0 N–H and O–H groups in total. The van der Waals surface area contributed by atoms with Crippen LogP contribution in [-0.4, -0.2) is 23.1 Å². The third kappa shape index (κ3) is 2.64. The summed E-state index contributed by atoms with van der Waals surface area (Å²) in [6.07, 6.45) is 11.7. The Labute approximate surface area is 97.4 Å². The first-order valence-corrected chi connectivity index (χ1v) is 6.48. The van der Waals surface area contributed by atoms with Crippen molar-refractivity contribution in [3.05, 3.63) is 12.2 Å². The number of hydrogen-bond acceptors (Lipinski definition) is 2. The van der Waals surface area contributed by atoms with Gasteiger partial charge in [0.15, 0.2) is 0 Å². The minimum atomic E-state index is 0.143. The number of hydrogen-bond donors (Lipinski definition) is 0. The van der Waals surface area contributed by atoms with Crippen LogP contribution in [0.3, 0.4) is 0 Å². The highest BCUT2D eigenvalue weighted by Gasteiger charge is 2.33. The molecule has 0 saturated carbocycles. The van der Waals surface area contributed by atoms with Gasteiger partial charge in [-0.15, -0.1) is 0 Å². The van der Waals surface area contributed by atoms with Crippen LogP contribution in [0.4, 0.5) is 0 Å². The van der Waals surface area contributed by atoms with Crippen LogP contribution in [0.2, 0.25) is 0 Å². The van der Waals surface area contributed by atoms with Crippen molar-refractivity contribution in [2.24, 2.45) is 0 Å². The molecule has 0 spiro atoms. The Kier molecular flexibility index (Phi) is 3.99. The minimum absolute atomic E-state index is 0.143. The van der Waals surface area contributed by atoms with Crippen molar-refractivity contribution >= 4 is 5.91 Å². The zero-order valence-corrected chi connectivity index (χ0v) is 10.0. The summed E-state index contributed by atoms with van der Waals surface area (Å²) in [6.45, 7) is 2.18. The van der Waals surface area contributed by atoms with Crippen LogP contribution in [0.15, 0.2) is 12.2 Å². The lowest BCUT2D eigenvalue weighted by Crippen LogP contribution is -2.48. The van der Waals surface area contributed by atoms with Gasteiger partial charge in [-0.25, -0.2) is 5.06 Å². The number of carbonyl (C=O) groups is 1. The van der Waals surface area contributed by atoms with Crippen LogP contribution in [-0.2, 0) is 9.63 Å². The van der Waals surface area contributed by atoms with Gasteiger partial charge >= 0.3 is 0 Å². The molecule has 0 radical (unpaired) electrons. The summed E-state index contributed by atoms with van der Waals surface area (Å²) >= 11 is 0. The molecule has 0 aromatic rings. The van der Waals surface area contributed by atoms with Crippen molar-refractivity contribution in [2.45, 2.75) is 64.0 Å². The number of rotatable bonds is 5. The lowest BCUT2D eigenvalue weighted by molar-refractivity contribution is -0.230. The van der Waals surface area contributed by atoms with E-state index in [1.54, 1.807) is 5.06 Å². The van der Waals surface area contributed by atoms with Crippen molar-refractivity contribution in [3.63, 3.8) is 0 Å². The first-order chi connectivity index (χ1) is 7.81. The second-order valence-corrected chi connectivity index (χ2v) is 4.70. The van der Waals surface area contributed by atoms with Gasteiger partial charge in [0.1, 0.15) is 6.10 Å². The number of hydroxylamine groups is 2. The summed E-state index contributed by atoms with van der Waals surface area (Å²) in [4.78, 5) is 17.5. The molecule has 1 aliphatic carbocycles. The highest BCUT2D eigenvalue weighted by Crippen LogP contribution is 2.28. The predicted molar refractivity (Wildman–Crippen MR) is 62.6 cm³/mol. The molecule has 1 fully saturated rings. The van der Waals surface area contributed by atoms with Crippen LogP contribution in [0.1, 0.15) is 51.9 Å². The number of fused-ring (bicyclic) bond motifs is 2. The van der Waals surface area contributed by atoms with Gasteiger partial charge in [-0.1, -0.05) is 38.3 Å². The van der Waals surface area contributed by atoms with Gasteiger partial charge in [-0.2, -0.15) is 0 Å². The van der Waals surface area contributed by atoms with Crippen LogP contribution in [0.25, 0.3) is 0 Å². The summed E-state index contributed by atoms with van der Waals surface area (Å²) in [5, 5.41) is 1.61. The van der Waals surface area contributed by atoms with Crippen LogP contribution < -0.4 is 0 Å². The summed E-state index contributed by atoms with van der Waals surface area (Å²) in [6, 6.07) is 0.198. The monoisotopic (exact) mass is 223 g/mol. The molecule has 3 heteroatoms. The lowest BCUT2D eigenvalue weighted by atomic mass is 9.98. The molecule has 2 unspecified atom stereocenters. The Balaban J connectivity index is 1.75. The molecular formula is C13H21NO2. The molecule has 2 heterocycles. The second-order valence-electron chi connectivity index (χ2n) is 4.70. The van der Waals surface area contributed by atoms with Crippen LogP contribution in [0.5, 0.6) is 0 Å². The quantitative estimate of drug-likeness (QED) is 0.530. The summed E-state index contributed by atoms with van der Waals surface area (Å²) in [5.74, 6) is 0.162. The molecule has 2 bridgehead atoms. The number of amides is 1. The topological polar surface area (TPSA) is 29.5 Å². The number of unbranched alkanes of at least 4 members (excludes halogenated alkanes) is 3. The third-order valence-electron chi connectivity index (χ3n) is 3.34. The summed E-state index contributed by atoms with van der Waals surface area (Å²) in [7, 11) is 0. The molecule has 2 aliphatic heterocycles. The molecule has 2 atom stereocenters. The standard InChI is InChI=1S/C13H21NO2/c1-2-3-4-5-6-13(15)14-11-7-9-12(16-14)10-8-11/h7,9,11-12H,2-6,8,10H2,1H3. The van der Waals surface area contributed by atoms with Crippen LogP contribution in [0, 0.1) is 0 Å². The van der Waals surface area contributed by atoms with E-state index in [4.69, 9.17) is 4.84 Å². The van der Waals surface area contributed by atoms with E-state index in [0.717, 1.165) is 25.7 Å². The van der Waals surface area contributed by atoms with E-state index in [1.807, 2.05) is 0 Å². The van der Waals surface area contributed by atoms with Gasteiger partial charge in [-0.3, -0.25) is 9.63 Å². The summed E-state index contributed by atoms with van der Waals surface area (Å²) in [5.41, 5.74) is 0. The van der Waals surface area contributed by atoms with Gasteiger partial charge in [0, 0.05) is 6.42 Å². The first-order valence-electron chi connectivity index (χ1n) is 6.48. The summed E-state index contributed by atoms with van der Waals surface area (Å²) < 4.78 is 0. The van der Waals surface area contributed by atoms with Crippen LogP contribution >= 0.6 is 0 Å². The average molecular weight is 223 g/mol. The van der Waals surface area contributed by atoms with E-state index >= 15 is 0 Å². The van der Waals surface area contributed by atoms with E-state index in [-0.39, 0.29) is 18.1 Å². The molecule has 16 heavy (non-hydrogen) atoms. The normalized spacial score (nSPS) is 27.4. The molecule has 3 aliphatic rings. The van der Waals surface area contributed by atoms with Crippen molar-refractivity contribution in [2.75, 3.05) is 0 Å². The Morgan fingerprint density at radius 1 is 1.31 bits per heavy atom. The fourth-order valence-electron chi connectivity index (χ4n) is 2.34. The maximum atomic E-state index is 11.9. The predicted octanol–water partition coefficient (Wildman–Crippen LogP) is 2.82. The van der Waals surface area contributed by atoms with E-state index in [0.29, 0.717) is 6.42 Å². The molecule has 0 aromatic heterocycles. The van der Waals surface area contributed by atoms with E-state index in [1.165, 1.54) is 12.8 Å². The molecular weight excluding hydrogens is 202 g/mol. The van der Waals surface area contributed by atoms with Crippen molar-refractivity contribution < 1.29 is 9.63 Å². The molecule has 3 nitrogen and oxygen atoms in total. The first kappa shape index (κ1) is 11.6. The fourth-order valence-corrected chi connectivity index (χ4v) is 2.34. The van der Waals surface area contributed by atoms with Gasteiger partial charge in [-0.05, 0) is 19.3 Å². The number of nitrogens with zero attached hydrogens (tertiary/aromatic N) is 1. The molecule has 90 valence electrons. The molecule has 0 aromatic carbocycles.